The maximum Gasteiger partial charge on any atom is 0.123 e. The quantitative estimate of drug-likeness (QED) is 0.935. The Morgan fingerprint density at radius 2 is 2.00 bits per heavy atom. The molecule has 3 nitrogen and oxygen atoms in total. The van der Waals surface area contributed by atoms with Gasteiger partial charge in [0.1, 0.15) is 12.4 Å². The van der Waals surface area contributed by atoms with Crippen LogP contribution in [-0.4, -0.2) is 5.11 Å². The van der Waals surface area contributed by atoms with Crippen LogP contribution in [0.4, 0.5) is 0 Å². The minimum atomic E-state index is -0.368. The van der Waals surface area contributed by atoms with Gasteiger partial charge in [0.15, 0.2) is 0 Å². The number of hydrogen-bond acceptors (Lipinski definition) is 3. The molecule has 1 N–H and O–H groups in total. The van der Waals surface area contributed by atoms with Crippen molar-refractivity contribution in [2.45, 2.75) is 32.0 Å². The number of rotatable bonds is 3. The largest absolute Gasteiger partial charge is 0.489 e. The average Bonchev–Trinajstić information content (AvgIpc) is 2.54. The second-order valence-electron chi connectivity index (χ2n) is 5.33. The van der Waals surface area contributed by atoms with Gasteiger partial charge in [-0.25, -0.2) is 0 Å². The summed E-state index contributed by atoms with van der Waals surface area (Å²) in [6.07, 6.45) is 2.40. The van der Waals surface area contributed by atoms with E-state index in [1.165, 1.54) is 0 Å². The molecule has 106 valence electrons. The van der Waals surface area contributed by atoms with Crippen LogP contribution in [0, 0.1) is 11.3 Å². The van der Waals surface area contributed by atoms with Gasteiger partial charge in [0, 0.05) is 0 Å². The van der Waals surface area contributed by atoms with Gasteiger partial charge in [-0.2, -0.15) is 5.26 Å². The van der Waals surface area contributed by atoms with E-state index in [0.29, 0.717) is 12.2 Å². The number of ether oxygens (including phenoxy) is 1. The van der Waals surface area contributed by atoms with Crippen molar-refractivity contribution in [3.8, 4) is 11.8 Å². The predicted octanol–water partition coefficient (Wildman–Crippen LogP) is 3.51. The highest BCUT2D eigenvalue weighted by Gasteiger charge is 2.20. The van der Waals surface area contributed by atoms with Crippen LogP contribution in [0.5, 0.6) is 5.75 Å². The van der Waals surface area contributed by atoms with Crippen molar-refractivity contribution in [3.05, 3.63) is 64.7 Å². The van der Waals surface area contributed by atoms with Crippen molar-refractivity contribution >= 4 is 0 Å². The molecule has 1 aliphatic carbocycles. The number of aliphatic hydroxyl groups is 1. The first-order valence-electron chi connectivity index (χ1n) is 7.19. The smallest absolute Gasteiger partial charge is 0.123 e. The Hall–Kier alpha value is -2.31. The van der Waals surface area contributed by atoms with E-state index in [2.05, 4.69) is 6.07 Å². The highest BCUT2D eigenvalue weighted by atomic mass is 16.5. The summed E-state index contributed by atoms with van der Waals surface area (Å²) in [5.41, 5.74) is 3.81. The fraction of sp³-hybridized carbons (Fsp3) is 0.278. The summed E-state index contributed by atoms with van der Waals surface area (Å²) in [4.78, 5) is 0. The Labute approximate surface area is 124 Å². The molecule has 1 aliphatic rings. The first kappa shape index (κ1) is 13.7. The first-order chi connectivity index (χ1) is 10.3. The Balaban J connectivity index is 1.76. The first-order valence-corrected chi connectivity index (χ1v) is 7.19. The summed E-state index contributed by atoms with van der Waals surface area (Å²) >= 11 is 0. The molecule has 0 fully saturated rings. The molecule has 0 saturated heterocycles. The molecule has 3 heteroatoms. The summed E-state index contributed by atoms with van der Waals surface area (Å²) < 4.78 is 5.92. The van der Waals surface area contributed by atoms with Crippen molar-refractivity contribution in [2.24, 2.45) is 0 Å². The summed E-state index contributed by atoms with van der Waals surface area (Å²) in [5.74, 6) is 0.857. The van der Waals surface area contributed by atoms with Crippen LogP contribution in [-0.2, 0) is 13.0 Å². The van der Waals surface area contributed by atoms with Crippen LogP contribution in [0.15, 0.2) is 42.5 Å². The van der Waals surface area contributed by atoms with E-state index in [9.17, 15) is 5.11 Å². The molecule has 2 aromatic carbocycles. The molecule has 3 rings (SSSR count). The van der Waals surface area contributed by atoms with E-state index >= 15 is 0 Å². The Morgan fingerprint density at radius 1 is 1.19 bits per heavy atom. The van der Waals surface area contributed by atoms with E-state index in [-0.39, 0.29) is 6.10 Å². The maximum atomic E-state index is 10.0. The van der Waals surface area contributed by atoms with Crippen molar-refractivity contribution in [1.29, 1.82) is 5.26 Å². The van der Waals surface area contributed by atoms with Crippen LogP contribution in [0.3, 0.4) is 0 Å². The predicted molar refractivity (Wildman–Crippen MR) is 79.8 cm³/mol. The zero-order chi connectivity index (χ0) is 14.7. The second kappa shape index (κ2) is 5.99. The molecule has 0 heterocycles. The van der Waals surface area contributed by atoms with Gasteiger partial charge in [0.2, 0.25) is 0 Å². The molecule has 0 radical (unpaired) electrons. The summed E-state index contributed by atoms with van der Waals surface area (Å²) in [6.45, 7) is 0.470. The van der Waals surface area contributed by atoms with Crippen LogP contribution in [0.2, 0.25) is 0 Å². The summed E-state index contributed by atoms with van der Waals surface area (Å²) in [5, 5.41) is 18.8. The SMILES string of the molecule is N#Cc1ccc(COc2cccc3c2CCCC3O)cc1. The number of aliphatic hydroxyl groups excluding tert-OH is 1. The zero-order valence-corrected chi connectivity index (χ0v) is 11.7. The lowest BCUT2D eigenvalue weighted by molar-refractivity contribution is 0.155. The van der Waals surface area contributed by atoms with Crippen molar-refractivity contribution in [3.63, 3.8) is 0 Å². The van der Waals surface area contributed by atoms with Crippen molar-refractivity contribution < 1.29 is 9.84 Å². The van der Waals surface area contributed by atoms with Crippen LogP contribution in [0.1, 0.15) is 41.2 Å². The molecule has 0 bridgehead atoms. The standard InChI is InChI=1S/C18H17NO2/c19-11-13-7-9-14(10-8-13)12-21-18-6-2-3-15-16(18)4-1-5-17(15)20/h2-3,6-10,17,20H,1,4-5,12H2. The van der Waals surface area contributed by atoms with E-state index in [1.807, 2.05) is 30.3 Å². The topological polar surface area (TPSA) is 53.2 Å². The Morgan fingerprint density at radius 3 is 2.76 bits per heavy atom. The lowest BCUT2D eigenvalue weighted by atomic mass is 9.89. The number of nitrogens with zero attached hydrogens (tertiary/aromatic N) is 1. The summed E-state index contributed by atoms with van der Waals surface area (Å²) in [6, 6.07) is 15.4. The van der Waals surface area contributed by atoms with Crippen molar-refractivity contribution in [2.75, 3.05) is 0 Å². The Kier molecular flexibility index (Phi) is 3.89. The molecule has 0 aliphatic heterocycles. The molecule has 0 amide bonds. The van der Waals surface area contributed by atoms with Gasteiger partial charge < -0.3 is 9.84 Å². The number of nitriles is 1. The van der Waals surface area contributed by atoms with E-state index < -0.39 is 0 Å². The minimum Gasteiger partial charge on any atom is -0.489 e. The third kappa shape index (κ3) is 2.91. The van der Waals surface area contributed by atoms with Gasteiger partial charge in [0.25, 0.3) is 0 Å². The van der Waals surface area contributed by atoms with Gasteiger partial charge in [0.05, 0.1) is 17.7 Å². The van der Waals surface area contributed by atoms with E-state index in [1.54, 1.807) is 12.1 Å². The molecular formula is C18H17NO2. The second-order valence-corrected chi connectivity index (χ2v) is 5.33. The molecular weight excluding hydrogens is 262 g/mol. The highest BCUT2D eigenvalue weighted by Crippen LogP contribution is 2.35. The number of fused-ring (bicyclic) bond motifs is 1. The third-order valence-electron chi connectivity index (χ3n) is 3.91. The van der Waals surface area contributed by atoms with Crippen LogP contribution < -0.4 is 4.74 Å². The maximum absolute atomic E-state index is 10.0. The molecule has 1 atom stereocenters. The van der Waals surface area contributed by atoms with E-state index in [4.69, 9.17) is 10.00 Å². The third-order valence-corrected chi connectivity index (χ3v) is 3.91. The zero-order valence-electron chi connectivity index (χ0n) is 11.7. The minimum absolute atomic E-state index is 0.368. The molecule has 21 heavy (non-hydrogen) atoms. The molecule has 2 aromatic rings. The van der Waals surface area contributed by atoms with Gasteiger partial charge in [-0.3, -0.25) is 0 Å². The molecule has 1 unspecified atom stereocenters. The molecule has 0 aromatic heterocycles. The van der Waals surface area contributed by atoms with Gasteiger partial charge in [-0.05, 0) is 54.2 Å². The lowest BCUT2D eigenvalue weighted by Crippen LogP contribution is -2.11. The fourth-order valence-corrected chi connectivity index (χ4v) is 2.76. The Bertz CT molecular complexity index is 671. The molecule has 0 saturated carbocycles. The van der Waals surface area contributed by atoms with Gasteiger partial charge in [-0.15, -0.1) is 0 Å². The monoisotopic (exact) mass is 279 g/mol. The number of benzene rings is 2. The van der Waals surface area contributed by atoms with E-state index in [0.717, 1.165) is 41.7 Å². The molecule has 0 spiro atoms. The normalized spacial score (nSPS) is 16.9. The highest BCUT2D eigenvalue weighted by molar-refractivity contribution is 5.43. The average molecular weight is 279 g/mol. The summed E-state index contributed by atoms with van der Waals surface area (Å²) in [7, 11) is 0. The number of hydrogen-bond donors (Lipinski definition) is 1. The van der Waals surface area contributed by atoms with Crippen molar-refractivity contribution in [1.82, 2.24) is 0 Å². The van der Waals surface area contributed by atoms with Gasteiger partial charge in [-0.1, -0.05) is 24.3 Å². The fourth-order valence-electron chi connectivity index (χ4n) is 2.76. The van der Waals surface area contributed by atoms with Gasteiger partial charge >= 0.3 is 0 Å². The lowest BCUT2D eigenvalue weighted by Gasteiger charge is -2.23. The van der Waals surface area contributed by atoms with Crippen LogP contribution in [0.25, 0.3) is 0 Å². The van der Waals surface area contributed by atoms with Crippen LogP contribution >= 0.6 is 0 Å².